The molecule has 0 radical (unpaired) electrons. The molecule has 7 nitrogen and oxygen atoms in total. The lowest BCUT2D eigenvalue weighted by Gasteiger charge is -2.10. The van der Waals surface area contributed by atoms with E-state index in [0.29, 0.717) is 0 Å². The van der Waals surface area contributed by atoms with Crippen LogP contribution in [0.2, 0.25) is 0 Å². The molecule has 0 aliphatic heterocycles. The number of hydrogen-bond acceptors (Lipinski definition) is 5. The van der Waals surface area contributed by atoms with Crippen LogP contribution in [-0.4, -0.2) is 23.4 Å². The van der Waals surface area contributed by atoms with Gasteiger partial charge in [-0.2, -0.15) is 13.2 Å². The van der Waals surface area contributed by atoms with Crippen molar-refractivity contribution >= 4 is 23.3 Å². The molecule has 0 saturated heterocycles. The Bertz CT molecular complexity index is 852. The van der Waals surface area contributed by atoms with E-state index in [1.807, 2.05) is 0 Å². The van der Waals surface area contributed by atoms with Crippen molar-refractivity contribution in [2.75, 3.05) is 11.9 Å². The molecule has 0 aliphatic carbocycles. The van der Waals surface area contributed by atoms with Crippen LogP contribution in [0.25, 0.3) is 0 Å². The van der Waals surface area contributed by atoms with E-state index < -0.39 is 35.1 Å². The molecule has 0 aliphatic rings. The Morgan fingerprint density at radius 1 is 1.12 bits per heavy atom. The summed E-state index contributed by atoms with van der Waals surface area (Å²) < 4.78 is 42.5. The summed E-state index contributed by atoms with van der Waals surface area (Å²) in [6.45, 7) is -0.766. The number of esters is 1. The number of nitrogens with one attached hydrogen (secondary N) is 1. The van der Waals surface area contributed by atoms with Gasteiger partial charge in [0, 0.05) is 17.8 Å². The average Bonchev–Trinajstić information content (AvgIpc) is 2.59. The molecule has 26 heavy (non-hydrogen) atoms. The molecular weight excluding hydrogens is 357 g/mol. The molecule has 0 aromatic heterocycles. The van der Waals surface area contributed by atoms with E-state index in [1.165, 1.54) is 24.3 Å². The maximum Gasteiger partial charge on any atom is 0.416 e. The fourth-order valence-electron chi connectivity index (χ4n) is 1.93. The summed E-state index contributed by atoms with van der Waals surface area (Å²) in [5.41, 5.74) is -1.51. The van der Waals surface area contributed by atoms with Gasteiger partial charge in [-0.15, -0.1) is 0 Å². The number of carbonyl (C=O) groups is 2. The largest absolute Gasteiger partial charge is 0.452 e. The third-order valence-corrected chi connectivity index (χ3v) is 3.10. The Morgan fingerprint density at radius 2 is 1.81 bits per heavy atom. The Kier molecular flexibility index (Phi) is 5.55. The highest BCUT2D eigenvalue weighted by atomic mass is 19.4. The van der Waals surface area contributed by atoms with Gasteiger partial charge in [-0.25, -0.2) is 4.79 Å². The maximum atomic E-state index is 12.6. The zero-order chi connectivity index (χ0) is 19.3. The quantitative estimate of drug-likeness (QED) is 0.495. The highest BCUT2D eigenvalue weighted by molar-refractivity contribution is 5.95. The molecule has 10 heteroatoms. The van der Waals surface area contributed by atoms with E-state index >= 15 is 0 Å². The Hall–Kier alpha value is -3.43. The number of nitro benzene ring substituents is 1. The number of anilines is 1. The lowest BCUT2D eigenvalue weighted by Crippen LogP contribution is -2.21. The highest BCUT2D eigenvalue weighted by Crippen LogP contribution is 2.30. The predicted octanol–water partition coefficient (Wildman–Crippen LogP) is 3.41. The molecule has 136 valence electrons. The second-order valence-corrected chi connectivity index (χ2v) is 5.01. The van der Waals surface area contributed by atoms with Crippen LogP contribution < -0.4 is 5.32 Å². The van der Waals surface area contributed by atoms with Crippen molar-refractivity contribution in [2.24, 2.45) is 0 Å². The van der Waals surface area contributed by atoms with Gasteiger partial charge in [0.2, 0.25) is 0 Å². The van der Waals surface area contributed by atoms with Gasteiger partial charge < -0.3 is 10.1 Å². The summed E-state index contributed by atoms with van der Waals surface area (Å²) in [7, 11) is 0. The number of non-ortho nitro benzene ring substituents is 1. The van der Waals surface area contributed by atoms with Gasteiger partial charge in [0.25, 0.3) is 11.6 Å². The van der Waals surface area contributed by atoms with Gasteiger partial charge in [0.15, 0.2) is 6.61 Å². The van der Waals surface area contributed by atoms with Crippen molar-refractivity contribution in [1.82, 2.24) is 0 Å². The van der Waals surface area contributed by atoms with Crippen LogP contribution in [-0.2, 0) is 15.7 Å². The third-order valence-electron chi connectivity index (χ3n) is 3.10. The second kappa shape index (κ2) is 7.64. The molecule has 0 spiro atoms. The maximum absolute atomic E-state index is 12.6. The van der Waals surface area contributed by atoms with Gasteiger partial charge in [-0.05, 0) is 24.3 Å². The standard InChI is InChI=1S/C16H11F3N2O5/c17-16(18,19)11-4-2-5-12(8-11)20-14(22)9-26-15(23)10-3-1-6-13(7-10)21(24)25/h1-8H,9H2,(H,20,22). The second-order valence-electron chi connectivity index (χ2n) is 5.01. The average molecular weight is 368 g/mol. The van der Waals surface area contributed by atoms with E-state index in [2.05, 4.69) is 5.32 Å². The molecule has 0 fully saturated rings. The van der Waals surface area contributed by atoms with Crippen LogP contribution in [0.1, 0.15) is 15.9 Å². The minimum absolute atomic E-state index is 0.115. The summed E-state index contributed by atoms with van der Waals surface area (Å²) in [6.07, 6.45) is -4.56. The zero-order valence-corrected chi connectivity index (χ0v) is 12.9. The van der Waals surface area contributed by atoms with Gasteiger partial charge in [-0.3, -0.25) is 14.9 Å². The van der Waals surface area contributed by atoms with E-state index in [1.54, 1.807) is 0 Å². The monoisotopic (exact) mass is 368 g/mol. The smallest absolute Gasteiger partial charge is 0.416 e. The van der Waals surface area contributed by atoms with Crippen LogP contribution in [0.5, 0.6) is 0 Å². The fourth-order valence-corrected chi connectivity index (χ4v) is 1.93. The minimum atomic E-state index is -4.56. The number of halogens is 3. The molecule has 0 saturated carbocycles. The zero-order valence-electron chi connectivity index (χ0n) is 12.9. The Balaban J connectivity index is 1.96. The van der Waals surface area contributed by atoms with Crippen LogP contribution in [0, 0.1) is 10.1 Å². The van der Waals surface area contributed by atoms with E-state index in [0.717, 1.165) is 24.3 Å². The third kappa shape index (κ3) is 5.03. The minimum Gasteiger partial charge on any atom is -0.452 e. The van der Waals surface area contributed by atoms with E-state index in [9.17, 15) is 32.9 Å². The Labute approximate surface area is 144 Å². The van der Waals surface area contributed by atoms with Crippen molar-refractivity contribution in [1.29, 1.82) is 0 Å². The molecule has 1 N–H and O–H groups in total. The number of carbonyl (C=O) groups excluding carboxylic acids is 2. The summed E-state index contributed by atoms with van der Waals surface area (Å²) in [5.74, 6) is -1.84. The number of rotatable bonds is 5. The van der Waals surface area contributed by atoms with Crippen LogP contribution >= 0.6 is 0 Å². The first-order valence-electron chi connectivity index (χ1n) is 7.05. The van der Waals surface area contributed by atoms with Gasteiger partial charge >= 0.3 is 12.1 Å². The highest BCUT2D eigenvalue weighted by Gasteiger charge is 2.30. The summed E-state index contributed by atoms with van der Waals surface area (Å²) in [4.78, 5) is 33.4. The fraction of sp³-hybridized carbons (Fsp3) is 0.125. The molecule has 0 atom stereocenters. The first-order valence-corrected chi connectivity index (χ1v) is 7.05. The van der Waals surface area contributed by atoms with E-state index in [-0.39, 0.29) is 16.9 Å². The molecule has 0 heterocycles. The number of ether oxygens (including phenoxy) is 1. The van der Waals surface area contributed by atoms with Gasteiger partial charge in [0.1, 0.15) is 0 Å². The summed E-state index contributed by atoms with van der Waals surface area (Å²) in [5, 5.41) is 12.8. The number of hydrogen-bond donors (Lipinski definition) is 1. The van der Waals surface area contributed by atoms with Crippen LogP contribution in [0.3, 0.4) is 0 Å². The van der Waals surface area contributed by atoms with E-state index in [4.69, 9.17) is 4.74 Å². The van der Waals surface area contributed by atoms with Gasteiger partial charge in [-0.1, -0.05) is 12.1 Å². The number of nitro groups is 1. The SMILES string of the molecule is O=C(COC(=O)c1cccc([N+](=O)[O-])c1)Nc1cccc(C(F)(F)F)c1. The Morgan fingerprint density at radius 3 is 2.46 bits per heavy atom. The van der Waals surface area contributed by atoms with Crippen molar-refractivity contribution in [3.05, 3.63) is 69.8 Å². The molecule has 1 amide bonds. The summed E-state index contributed by atoms with van der Waals surface area (Å²) in [6, 6.07) is 8.64. The number of alkyl halides is 3. The lowest BCUT2D eigenvalue weighted by molar-refractivity contribution is -0.384. The van der Waals surface area contributed by atoms with Crippen molar-refractivity contribution < 1.29 is 32.4 Å². The first kappa shape index (κ1) is 18.9. The molecule has 0 bridgehead atoms. The summed E-state index contributed by atoms with van der Waals surface area (Å²) >= 11 is 0. The predicted molar refractivity (Wildman–Crippen MR) is 83.5 cm³/mol. The van der Waals surface area contributed by atoms with Crippen LogP contribution in [0.15, 0.2) is 48.5 Å². The molecule has 2 aromatic rings. The van der Waals surface area contributed by atoms with Gasteiger partial charge in [0.05, 0.1) is 16.1 Å². The van der Waals surface area contributed by atoms with Crippen molar-refractivity contribution in [3.8, 4) is 0 Å². The van der Waals surface area contributed by atoms with Crippen molar-refractivity contribution in [2.45, 2.75) is 6.18 Å². The normalized spacial score (nSPS) is 10.9. The molecular formula is C16H11F3N2O5. The van der Waals surface area contributed by atoms with Crippen LogP contribution in [0.4, 0.5) is 24.5 Å². The number of amides is 1. The molecule has 0 unspecified atom stereocenters. The molecule has 2 aromatic carbocycles. The van der Waals surface area contributed by atoms with Crippen molar-refractivity contribution in [3.63, 3.8) is 0 Å². The lowest BCUT2D eigenvalue weighted by atomic mass is 10.2. The molecule has 2 rings (SSSR count). The topological polar surface area (TPSA) is 98.5 Å². The number of nitrogens with zero attached hydrogens (tertiary/aromatic N) is 1. The first-order chi connectivity index (χ1) is 12.2. The number of benzene rings is 2.